The Morgan fingerprint density at radius 1 is 1.00 bits per heavy atom. The summed E-state index contributed by atoms with van der Waals surface area (Å²) in [5.41, 5.74) is 0.981. The highest BCUT2D eigenvalue weighted by atomic mass is 35.5. The van der Waals surface area contributed by atoms with Crippen molar-refractivity contribution in [2.45, 2.75) is 51.5 Å². The molecule has 2 heteroatoms. The normalized spacial score (nSPS) is 11.5. The van der Waals surface area contributed by atoms with Gasteiger partial charge in [-0.2, -0.15) is 0 Å². The molecule has 0 aliphatic carbocycles. The van der Waals surface area contributed by atoms with Crippen molar-refractivity contribution in [1.82, 2.24) is 0 Å². The molecular weight excluding hydrogens is 172 g/mol. The summed E-state index contributed by atoms with van der Waals surface area (Å²) in [6, 6.07) is 1.47. The van der Waals surface area contributed by atoms with Crippen molar-refractivity contribution in [3.63, 3.8) is 0 Å². The average molecular weight is 193 g/mol. The minimum Gasteiger partial charge on any atom is -0.131 e. The molecule has 0 fully saturated rings. The lowest BCUT2D eigenvalue weighted by Crippen LogP contribution is -1.90. The van der Waals surface area contributed by atoms with Gasteiger partial charge in [0.05, 0.1) is 0 Å². The van der Waals surface area contributed by atoms with Crippen molar-refractivity contribution in [2.24, 2.45) is 0 Å². The molecule has 0 amide bonds. The predicted molar refractivity (Wildman–Crippen MR) is 57.4 cm³/mol. The van der Waals surface area contributed by atoms with Gasteiger partial charge in [-0.3, -0.25) is 0 Å². The average Bonchev–Trinajstić information content (AvgIpc) is 2.03. The highest BCUT2D eigenvalue weighted by Crippen LogP contribution is 2.06. The van der Waals surface area contributed by atoms with E-state index in [9.17, 15) is 0 Å². The smallest absolute Gasteiger partial charge is 0.0378 e. The third kappa shape index (κ3) is 10.5. The number of rotatable bonds is 8. The molecule has 0 aliphatic heterocycles. The first-order valence-electron chi connectivity index (χ1n) is 4.97. The summed E-state index contributed by atoms with van der Waals surface area (Å²) in [4.78, 5) is 0. The molecule has 0 nitrogen and oxygen atoms in total. The van der Waals surface area contributed by atoms with Gasteiger partial charge in [0.2, 0.25) is 0 Å². The molecule has 0 spiro atoms. The van der Waals surface area contributed by atoms with Crippen LogP contribution in [-0.4, -0.2) is 15.0 Å². The fourth-order valence-corrected chi connectivity index (χ4v) is 2.69. The Morgan fingerprint density at radius 2 is 1.64 bits per heavy atom. The van der Waals surface area contributed by atoms with Crippen LogP contribution in [0, 0.1) is 0 Å². The fraction of sp³-hybridized carbons (Fsp3) is 1.00. The third-order valence-corrected chi connectivity index (χ3v) is 4.06. The predicted octanol–water partition coefficient (Wildman–Crippen LogP) is 3.13. The van der Waals surface area contributed by atoms with Crippen molar-refractivity contribution < 1.29 is 0 Å². The standard InChI is InChI=1S/C9H21ClSi/c1-2-3-4-5-6-7-8-11-9-10/h2-9,11H2,1H3. The van der Waals surface area contributed by atoms with E-state index in [1.165, 1.54) is 44.6 Å². The van der Waals surface area contributed by atoms with E-state index in [-0.39, 0.29) is 9.52 Å². The van der Waals surface area contributed by atoms with Gasteiger partial charge < -0.3 is 0 Å². The van der Waals surface area contributed by atoms with E-state index < -0.39 is 0 Å². The number of hydrogen-bond acceptors (Lipinski definition) is 0. The van der Waals surface area contributed by atoms with E-state index in [0.717, 1.165) is 5.50 Å². The van der Waals surface area contributed by atoms with Crippen LogP contribution in [0.15, 0.2) is 0 Å². The largest absolute Gasteiger partial charge is 0.131 e. The van der Waals surface area contributed by atoms with Crippen LogP contribution in [0.25, 0.3) is 0 Å². The Bertz CT molecular complexity index is 58.6. The third-order valence-electron chi connectivity index (χ3n) is 1.99. The van der Waals surface area contributed by atoms with Crippen molar-refractivity contribution in [2.75, 3.05) is 5.50 Å². The Hall–Kier alpha value is 0.507. The zero-order valence-corrected chi connectivity index (χ0v) is 9.91. The van der Waals surface area contributed by atoms with E-state index in [0.29, 0.717) is 0 Å². The topological polar surface area (TPSA) is 0 Å². The van der Waals surface area contributed by atoms with Crippen molar-refractivity contribution in [1.29, 1.82) is 0 Å². The number of halogens is 1. The monoisotopic (exact) mass is 192 g/mol. The molecule has 0 heterocycles. The van der Waals surface area contributed by atoms with E-state index in [1.807, 2.05) is 0 Å². The first-order valence-corrected chi connectivity index (χ1v) is 7.51. The molecule has 11 heavy (non-hydrogen) atoms. The Kier molecular flexibility index (Phi) is 11.0. The lowest BCUT2D eigenvalue weighted by Gasteiger charge is -1.98. The fourth-order valence-electron chi connectivity index (χ4n) is 1.23. The number of alkyl halides is 1. The molecule has 0 aromatic rings. The van der Waals surface area contributed by atoms with Crippen LogP contribution in [0.1, 0.15) is 45.4 Å². The minimum absolute atomic E-state index is 0.148. The van der Waals surface area contributed by atoms with Crippen LogP contribution >= 0.6 is 11.6 Å². The Labute approximate surface area is 78.5 Å². The van der Waals surface area contributed by atoms with Crippen molar-refractivity contribution in [3.05, 3.63) is 0 Å². The van der Waals surface area contributed by atoms with Gasteiger partial charge in [0.15, 0.2) is 0 Å². The lowest BCUT2D eigenvalue weighted by molar-refractivity contribution is 0.624. The van der Waals surface area contributed by atoms with Gasteiger partial charge >= 0.3 is 0 Å². The van der Waals surface area contributed by atoms with Gasteiger partial charge in [0, 0.05) is 15.0 Å². The summed E-state index contributed by atoms with van der Waals surface area (Å²) >= 11 is 5.63. The molecular formula is C9H21ClSi. The maximum absolute atomic E-state index is 5.63. The molecule has 0 rings (SSSR count). The van der Waals surface area contributed by atoms with Gasteiger partial charge in [-0.15, -0.1) is 11.6 Å². The molecule has 0 unspecified atom stereocenters. The van der Waals surface area contributed by atoms with Crippen LogP contribution in [0.2, 0.25) is 6.04 Å². The number of unbranched alkanes of at least 4 members (excludes halogenated alkanes) is 5. The lowest BCUT2D eigenvalue weighted by atomic mass is 10.1. The minimum atomic E-state index is 0.148. The second-order valence-corrected chi connectivity index (χ2v) is 6.09. The summed E-state index contributed by atoms with van der Waals surface area (Å²) in [6.45, 7) is 2.26. The summed E-state index contributed by atoms with van der Waals surface area (Å²) < 4.78 is 0. The second kappa shape index (κ2) is 10.5. The van der Waals surface area contributed by atoms with Crippen LogP contribution in [0.3, 0.4) is 0 Å². The summed E-state index contributed by atoms with van der Waals surface area (Å²) in [7, 11) is 0.148. The van der Waals surface area contributed by atoms with E-state index in [1.54, 1.807) is 0 Å². The van der Waals surface area contributed by atoms with Gasteiger partial charge in [-0.1, -0.05) is 51.5 Å². The Morgan fingerprint density at radius 3 is 2.27 bits per heavy atom. The molecule has 0 aromatic heterocycles. The summed E-state index contributed by atoms with van der Waals surface area (Å²) in [5.74, 6) is 0. The molecule has 0 saturated heterocycles. The van der Waals surface area contributed by atoms with Crippen LogP contribution in [0.4, 0.5) is 0 Å². The van der Waals surface area contributed by atoms with Crippen LogP contribution < -0.4 is 0 Å². The highest BCUT2D eigenvalue weighted by molar-refractivity contribution is 6.50. The van der Waals surface area contributed by atoms with Gasteiger partial charge in [0.1, 0.15) is 0 Å². The molecule has 68 valence electrons. The van der Waals surface area contributed by atoms with Crippen LogP contribution in [0.5, 0.6) is 0 Å². The second-order valence-electron chi connectivity index (χ2n) is 3.16. The first-order chi connectivity index (χ1) is 5.41. The first kappa shape index (κ1) is 11.5. The highest BCUT2D eigenvalue weighted by Gasteiger charge is 1.89. The van der Waals surface area contributed by atoms with Gasteiger partial charge in [0.25, 0.3) is 0 Å². The molecule has 0 aromatic carbocycles. The van der Waals surface area contributed by atoms with E-state index in [2.05, 4.69) is 6.92 Å². The van der Waals surface area contributed by atoms with Crippen LogP contribution in [-0.2, 0) is 0 Å². The maximum atomic E-state index is 5.63. The van der Waals surface area contributed by atoms with E-state index >= 15 is 0 Å². The zero-order valence-electron chi connectivity index (χ0n) is 7.74. The maximum Gasteiger partial charge on any atom is 0.0378 e. The summed E-state index contributed by atoms with van der Waals surface area (Å²) in [6.07, 6.45) is 8.57. The Balaban J connectivity index is 2.69. The van der Waals surface area contributed by atoms with E-state index in [4.69, 9.17) is 11.6 Å². The van der Waals surface area contributed by atoms with Gasteiger partial charge in [-0.05, 0) is 0 Å². The number of hydrogen-bond donors (Lipinski definition) is 0. The molecule has 0 atom stereocenters. The van der Waals surface area contributed by atoms with Crippen molar-refractivity contribution >= 4 is 21.1 Å². The quantitative estimate of drug-likeness (QED) is 0.315. The van der Waals surface area contributed by atoms with Crippen molar-refractivity contribution in [3.8, 4) is 0 Å². The molecule has 0 radical (unpaired) electrons. The summed E-state index contributed by atoms with van der Waals surface area (Å²) in [5, 5.41) is 0. The molecule has 0 N–H and O–H groups in total. The zero-order chi connectivity index (χ0) is 8.36. The molecule has 0 aliphatic rings. The molecule has 0 bridgehead atoms. The SMILES string of the molecule is CCCCCCCC[SiH2]CCl. The van der Waals surface area contributed by atoms with Gasteiger partial charge in [-0.25, -0.2) is 0 Å². The molecule has 0 saturated carbocycles.